The van der Waals surface area contributed by atoms with Crippen LogP contribution in [0.15, 0.2) is 18.2 Å². The highest BCUT2D eigenvalue weighted by Crippen LogP contribution is 2.23. The zero-order valence-corrected chi connectivity index (χ0v) is 12.2. The molecule has 1 saturated heterocycles. The third-order valence-electron chi connectivity index (χ3n) is 3.84. The molecule has 2 rings (SSSR count). The number of methoxy groups -OCH3 is 1. The van der Waals surface area contributed by atoms with Gasteiger partial charge >= 0.3 is 0 Å². The van der Waals surface area contributed by atoms with Crippen molar-refractivity contribution in [1.29, 1.82) is 0 Å². The molecule has 106 valence electrons. The van der Waals surface area contributed by atoms with Crippen molar-refractivity contribution in [3.63, 3.8) is 0 Å². The van der Waals surface area contributed by atoms with Crippen molar-refractivity contribution in [1.82, 2.24) is 9.80 Å². The summed E-state index contributed by atoms with van der Waals surface area (Å²) >= 11 is 0. The number of anilines is 1. The minimum absolute atomic E-state index is 0.646. The van der Waals surface area contributed by atoms with Crippen LogP contribution in [0.4, 0.5) is 5.69 Å². The quantitative estimate of drug-likeness (QED) is 0.841. The van der Waals surface area contributed by atoms with Gasteiger partial charge in [0.25, 0.3) is 0 Å². The van der Waals surface area contributed by atoms with Gasteiger partial charge in [-0.05, 0) is 19.9 Å². The lowest BCUT2D eigenvalue weighted by Crippen LogP contribution is -2.48. The van der Waals surface area contributed by atoms with Crippen LogP contribution in [0.1, 0.15) is 19.4 Å². The molecule has 1 fully saturated rings. The van der Waals surface area contributed by atoms with Crippen molar-refractivity contribution >= 4 is 5.69 Å². The second-order valence-electron chi connectivity index (χ2n) is 5.48. The fourth-order valence-electron chi connectivity index (χ4n) is 2.57. The summed E-state index contributed by atoms with van der Waals surface area (Å²) in [4.78, 5) is 5.00. The molecule has 0 unspecified atom stereocenters. The molecule has 0 spiro atoms. The van der Waals surface area contributed by atoms with E-state index in [1.54, 1.807) is 7.11 Å². The molecule has 0 aliphatic carbocycles. The SMILES string of the molecule is COc1cc(N)ccc1CN1CCN(C(C)C)CC1. The van der Waals surface area contributed by atoms with Gasteiger partial charge in [0.1, 0.15) is 5.75 Å². The summed E-state index contributed by atoms with van der Waals surface area (Å²) < 4.78 is 5.41. The van der Waals surface area contributed by atoms with Crippen LogP contribution in [0.3, 0.4) is 0 Å². The van der Waals surface area contributed by atoms with Crippen molar-refractivity contribution in [3.05, 3.63) is 23.8 Å². The number of nitrogen functional groups attached to an aromatic ring is 1. The molecule has 0 atom stereocenters. The Morgan fingerprint density at radius 1 is 1.21 bits per heavy atom. The highest BCUT2D eigenvalue weighted by atomic mass is 16.5. The van der Waals surface area contributed by atoms with Crippen LogP contribution in [-0.4, -0.2) is 49.1 Å². The summed E-state index contributed by atoms with van der Waals surface area (Å²) in [6, 6.07) is 6.57. The minimum atomic E-state index is 0.646. The third-order valence-corrected chi connectivity index (χ3v) is 3.84. The van der Waals surface area contributed by atoms with Gasteiger partial charge in [0.05, 0.1) is 7.11 Å². The number of hydrogen-bond donors (Lipinski definition) is 1. The van der Waals surface area contributed by atoms with Gasteiger partial charge in [0.15, 0.2) is 0 Å². The molecule has 0 saturated carbocycles. The number of rotatable bonds is 4. The predicted molar refractivity (Wildman–Crippen MR) is 79.4 cm³/mol. The van der Waals surface area contributed by atoms with Gasteiger partial charge in [-0.25, -0.2) is 0 Å². The largest absolute Gasteiger partial charge is 0.496 e. The molecule has 0 bridgehead atoms. The molecule has 4 heteroatoms. The Bertz CT molecular complexity index is 412. The second kappa shape index (κ2) is 6.26. The summed E-state index contributed by atoms with van der Waals surface area (Å²) in [6.07, 6.45) is 0. The van der Waals surface area contributed by atoms with Gasteiger partial charge in [-0.1, -0.05) is 6.07 Å². The van der Waals surface area contributed by atoms with E-state index in [9.17, 15) is 0 Å². The first kappa shape index (κ1) is 14.2. The smallest absolute Gasteiger partial charge is 0.125 e. The molecule has 0 radical (unpaired) electrons. The van der Waals surface area contributed by atoms with E-state index in [-0.39, 0.29) is 0 Å². The summed E-state index contributed by atoms with van der Waals surface area (Å²) in [5.41, 5.74) is 7.76. The molecule has 1 aromatic carbocycles. The maximum atomic E-state index is 5.79. The maximum absolute atomic E-state index is 5.79. The molecule has 4 nitrogen and oxygen atoms in total. The van der Waals surface area contributed by atoms with Crippen molar-refractivity contribution in [2.24, 2.45) is 0 Å². The van der Waals surface area contributed by atoms with E-state index in [2.05, 4.69) is 29.7 Å². The summed E-state index contributed by atoms with van der Waals surface area (Å²) in [7, 11) is 1.70. The van der Waals surface area contributed by atoms with E-state index in [4.69, 9.17) is 10.5 Å². The minimum Gasteiger partial charge on any atom is -0.496 e. The Morgan fingerprint density at radius 2 is 1.89 bits per heavy atom. The van der Waals surface area contributed by atoms with E-state index in [0.29, 0.717) is 6.04 Å². The van der Waals surface area contributed by atoms with Gasteiger partial charge in [-0.2, -0.15) is 0 Å². The standard InChI is InChI=1S/C15H25N3O/c1-12(2)18-8-6-17(7-9-18)11-13-4-5-14(16)10-15(13)19-3/h4-5,10,12H,6-9,11,16H2,1-3H3. The number of piperazine rings is 1. The number of hydrogen-bond acceptors (Lipinski definition) is 4. The van der Waals surface area contributed by atoms with Crippen molar-refractivity contribution < 1.29 is 4.74 Å². The Balaban J connectivity index is 1.95. The molecule has 1 heterocycles. The van der Waals surface area contributed by atoms with E-state index in [0.717, 1.165) is 44.2 Å². The normalized spacial score (nSPS) is 17.9. The molecule has 19 heavy (non-hydrogen) atoms. The molecular formula is C15H25N3O. The first-order valence-corrected chi connectivity index (χ1v) is 6.99. The first-order chi connectivity index (χ1) is 9.10. The molecular weight excluding hydrogens is 238 g/mol. The van der Waals surface area contributed by atoms with Crippen LogP contribution in [0.5, 0.6) is 5.75 Å². The van der Waals surface area contributed by atoms with E-state index in [1.165, 1.54) is 5.56 Å². The lowest BCUT2D eigenvalue weighted by Gasteiger charge is -2.37. The predicted octanol–water partition coefficient (Wildman–Crippen LogP) is 1.80. The van der Waals surface area contributed by atoms with Crippen LogP contribution < -0.4 is 10.5 Å². The lowest BCUT2D eigenvalue weighted by molar-refractivity contribution is 0.103. The molecule has 1 aliphatic heterocycles. The number of ether oxygens (including phenoxy) is 1. The lowest BCUT2D eigenvalue weighted by atomic mass is 10.1. The second-order valence-corrected chi connectivity index (χ2v) is 5.48. The average molecular weight is 263 g/mol. The number of nitrogens with two attached hydrogens (primary N) is 1. The van der Waals surface area contributed by atoms with E-state index >= 15 is 0 Å². The Morgan fingerprint density at radius 3 is 2.47 bits per heavy atom. The summed E-state index contributed by atoms with van der Waals surface area (Å²) in [6.45, 7) is 9.99. The van der Waals surface area contributed by atoms with Gasteiger partial charge in [-0.15, -0.1) is 0 Å². The first-order valence-electron chi connectivity index (χ1n) is 6.99. The van der Waals surface area contributed by atoms with Crippen LogP contribution >= 0.6 is 0 Å². The fourth-order valence-corrected chi connectivity index (χ4v) is 2.57. The maximum Gasteiger partial charge on any atom is 0.125 e. The molecule has 2 N–H and O–H groups in total. The Labute approximate surface area is 116 Å². The van der Waals surface area contributed by atoms with Gasteiger partial charge in [-0.3, -0.25) is 9.80 Å². The Hall–Kier alpha value is -1.26. The highest BCUT2D eigenvalue weighted by molar-refractivity contribution is 5.48. The van der Waals surface area contributed by atoms with Crippen LogP contribution in [-0.2, 0) is 6.54 Å². The van der Waals surface area contributed by atoms with Crippen molar-refractivity contribution in [2.75, 3.05) is 39.0 Å². The monoisotopic (exact) mass is 263 g/mol. The number of nitrogens with zero attached hydrogens (tertiary/aromatic N) is 2. The molecule has 0 amide bonds. The molecule has 1 aliphatic rings. The van der Waals surface area contributed by atoms with Gasteiger partial charge in [0, 0.05) is 56.1 Å². The van der Waals surface area contributed by atoms with Gasteiger partial charge < -0.3 is 10.5 Å². The fraction of sp³-hybridized carbons (Fsp3) is 0.600. The van der Waals surface area contributed by atoms with Crippen LogP contribution in [0, 0.1) is 0 Å². The van der Waals surface area contributed by atoms with Crippen molar-refractivity contribution in [3.8, 4) is 5.75 Å². The topological polar surface area (TPSA) is 41.7 Å². The van der Waals surface area contributed by atoms with Crippen LogP contribution in [0.2, 0.25) is 0 Å². The van der Waals surface area contributed by atoms with E-state index < -0.39 is 0 Å². The average Bonchev–Trinajstić information content (AvgIpc) is 2.41. The van der Waals surface area contributed by atoms with Crippen LogP contribution in [0.25, 0.3) is 0 Å². The molecule has 1 aromatic rings. The van der Waals surface area contributed by atoms with E-state index in [1.807, 2.05) is 12.1 Å². The zero-order chi connectivity index (χ0) is 13.8. The highest BCUT2D eigenvalue weighted by Gasteiger charge is 2.19. The summed E-state index contributed by atoms with van der Waals surface area (Å²) in [5.74, 6) is 0.895. The van der Waals surface area contributed by atoms with Crippen molar-refractivity contribution in [2.45, 2.75) is 26.4 Å². The Kier molecular flexibility index (Phi) is 4.66. The third kappa shape index (κ3) is 3.61. The molecule has 0 aromatic heterocycles. The summed E-state index contributed by atoms with van der Waals surface area (Å²) in [5, 5.41) is 0. The zero-order valence-electron chi connectivity index (χ0n) is 12.2. The number of benzene rings is 1. The van der Waals surface area contributed by atoms with Gasteiger partial charge in [0.2, 0.25) is 0 Å².